The maximum Gasteiger partial charge on any atom is 0.245 e. The molecule has 43 heavy (non-hydrogen) atoms. The van der Waals surface area contributed by atoms with Gasteiger partial charge in [0.05, 0.1) is 25.0 Å². The van der Waals surface area contributed by atoms with Crippen LogP contribution < -0.4 is 27.0 Å². The lowest BCUT2D eigenvalue weighted by molar-refractivity contribution is -0.140. The second-order valence-electron chi connectivity index (χ2n) is 11.8. The highest BCUT2D eigenvalue weighted by Crippen LogP contribution is 2.19. The topological polar surface area (TPSA) is 211 Å². The Morgan fingerprint density at radius 1 is 1.09 bits per heavy atom. The number of aryl methyl sites for hydroxylation is 1. The van der Waals surface area contributed by atoms with Crippen LogP contribution in [0.4, 0.5) is 0 Å². The summed E-state index contributed by atoms with van der Waals surface area (Å²) in [6, 6.07) is -3.95. The van der Waals surface area contributed by atoms with E-state index in [-0.39, 0.29) is 43.2 Å². The molecule has 0 aliphatic carbocycles. The lowest BCUT2D eigenvalue weighted by Gasteiger charge is -2.30. The minimum atomic E-state index is -1.20. The van der Waals surface area contributed by atoms with E-state index >= 15 is 0 Å². The fourth-order valence-corrected chi connectivity index (χ4v) is 5.33. The van der Waals surface area contributed by atoms with Gasteiger partial charge in [-0.1, -0.05) is 39.3 Å². The van der Waals surface area contributed by atoms with Gasteiger partial charge in [-0.2, -0.15) is 0 Å². The zero-order valence-electron chi connectivity index (χ0n) is 25.4. The van der Waals surface area contributed by atoms with Crippen molar-refractivity contribution in [2.45, 2.75) is 103 Å². The molecule has 15 heteroatoms. The Morgan fingerprint density at radius 2 is 1.84 bits per heavy atom. The highest BCUT2D eigenvalue weighted by molar-refractivity contribution is 5.96. The molecular weight excluding hydrogens is 558 g/mol. The molecule has 0 aromatic carbocycles. The van der Waals surface area contributed by atoms with Gasteiger partial charge in [-0.15, -0.1) is 5.10 Å². The van der Waals surface area contributed by atoms with Gasteiger partial charge in [-0.3, -0.25) is 28.8 Å². The van der Waals surface area contributed by atoms with Crippen molar-refractivity contribution in [3.63, 3.8) is 0 Å². The number of primary amides is 1. The first-order valence-electron chi connectivity index (χ1n) is 15.0. The van der Waals surface area contributed by atoms with Crippen LogP contribution in [-0.2, 0) is 41.7 Å². The summed E-state index contributed by atoms with van der Waals surface area (Å²) in [6.45, 7) is 7.49. The maximum absolute atomic E-state index is 13.7. The highest BCUT2D eigenvalue weighted by atomic mass is 16.2. The predicted octanol–water partition coefficient (Wildman–Crippen LogP) is -1.25. The van der Waals surface area contributed by atoms with Gasteiger partial charge in [0.1, 0.15) is 24.2 Å². The van der Waals surface area contributed by atoms with E-state index < -0.39 is 47.8 Å². The number of nitrogens with one attached hydrogen (secondary N) is 4. The molecule has 1 fully saturated rings. The van der Waals surface area contributed by atoms with E-state index in [0.29, 0.717) is 50.8 Å². The molecule has 5 atom stereocenters. The molecule has 238 valence electrons. The zero-order chi connectivity index (χ0) is 31.7. The number of rotatable bonds is 7. The zero-order valence-corrected chi connectivity index (χ0v) is 25.4. The Kier molecular flexibility index (Phi) is 12.0. The van der Waals surface area contributed by atoms with Crippen LogP contribution >= 0.6 is 0 Å². The van der Waals surface area contributed by atoms with Crippen molar-refractivity contribution in [2.75, 3.05) is 13.1 Å². The van der Waals surface area contributed by atoms with Gasteiger partial charge in [0.2, 0.25) is 35.4 Å². The molecule has 0 radical (unpaired) electrons. The first-order valence-corrected chi connectivity index (χ1v) is 15.0. The van der Waals surface area contributed by atoms with E-state index in [4.69, 9.17) is 5.73 Å². The highest BCUT2D eigenvalue weighted by Gasteiger charge is 2.38. The number of fused-ring (bicyclic) bond motifs is 2. The third kappa shape index (κ3) is 9.22. The molecule has 3 heterocycles. The van der Waals surface area contributed by atoms with Crippen molar-refractivity contribution < 1.29 is 28.8 Å². The molecular formula is C28H45N9O6. The van der Waals surface area contributed by atoms with Crippen molar-refractivity contribution in [1.82, 2.24) is 41.2 Å². The van der Waals surface area contributed by atoms with E-state index in [1.165, 1.54) is 15.8 Å². The van der Waals surface area contributed by atoms with Crippen molar-refractivity contribution in [3.05, 3.63) is 11.9 Å². The molecule has 3 rings (SSSR count). The Morgan fingerprint density at radius 3 is 2.51 bits per heavy atom. The third-order valence-electron chi connectivity index (χ3n) is 8.00. The van der Waals surface area contributed by atoms with Crippen LogP contribution in [0.5, 0.6) is 0 Å². The van der Waals surface area contributed by atoms with Gasteiger partial charge >= 0.3 is 0 Å². The van der Waals surface area contributed by atoms with Crippen molar-refractivity contribution in [1.29, 1.82) is 0 Å². The van der Waals surface area contributed by atoms with Crippen molar-refractivity contribution in [3.8, 4) is 0 Å². The number of hydrogen-bond acceptors (Lipinski definition) is 8. The van der Waals surface area contributed by atoms with Gasteiger partial charge in [0.15, 0.2) is 0 Å². The summed E-state index contributed by atoms with van der Waals surface area (Å²) in [6.07, 6.45) is 4.34. The van der Waals surface area contributed by atoms with E-state index in [2.05, 4.69) is 31.6 Å². The first kappa shape index (κ1) is 33.5. The number of carbonyl (C=O) groups excluding carboxylic acids is 6. The summed E-state index contributed by atoms with van der Waals surface area (Å²) in [5.41, 5.74) is 6.18. The molecule has 2 aliphatic heterocycles. The average molecular weight is 604 g/mol. The second kappa shape index (κ2) is 15.4. The van der Waals surface area contributed by atoms with Gasteiger partial charge in [-0.25, -0.2) is 4.68 Å². The fourth-order valence-electron chi connectivity index (χ4n) is 5.33. The SMILES string of the molecule is CC[C@H](C)[C@@H]1NC(=O)[C@@H]2CCCN2C(=O)CNC(=O)CCCc2cnnn2C[C@@H](C(=O)N[C@@H](CC(C)C)C(N)=O)NC1=O. The van der Waals surface area contributed by atoms with Crippen LogP contribution in [0, 0.1) is 11.8 Å². The molecule has 1 saturated heterocycles. The van der Waals surface area contributed by atoms with E-state index in [9.17, 15) is 28.8 Å². The monoisotopic (exact) mass is 603 g/mol. The molecule has 1 aromatic rings. The van der Waals surface area contributed by atoms with Crippen LogP contribution in [0.3, 0.4) is 0 Å². The number of carbonyl (C=O) groups is 6. The first-order chi connectivity index (χ1) is 20.4. The minimum Gasteiger partial charge on any atom is -0.368 e. The summed E-state index contributed by atoms with van der Waals surface area (Å²) >= 11 is 0. The van der Waals surface area contributed by atoms with E-state index in [0.717, 1.165) is 0 Å². The van der Waals surface area contributed by atoms with Gasteiger partial charge in [0, 0.05) is 13.0 Å². The smallest absolute Gasteiger partial charge is 0.245 e. The number of nitrogens with two attached hydrogens (primary N) is 1. The molecule has 0 unspecified atom stereocenters. The summed E-state index contributed by atoms with van der Waals surface area (Å²) < 4.78 is 1.46. The van der Waals surface area contributed by atoms with Crippen molar-refractivity contribution in [2.24, 2.45) is 17.6 Å². The summed E-state index contributed by atoms with van der Waals surface area (Å²) in [5, 5.41) is 18.9. The lowest BCUT2D eigenvalue weighted by Crippen LogP contribution is -2.60. The molecule has 0 spiro atoms. The summed E-state index contributed by atoms with van der Waals surface area (Å²) in [4.78, 5) is 79.6. The number of aromatic nitrogens is 3. The van der Waals surface area contributed by atoms with Crippen molar-refractivity contribution >= 4 is 35.4 Å². The third-order valence-corrected chi connectivity index (χ3v) is 8.00. The van der Waals surface area contributed by atoms with Gasteiger partial charge in [-0.05, 0) is 43.9 Å². The average Bonchev–Trinajstić information content (AvgIpc) is 3.62. The van der Waals surface area contributed by atoms with Crippen LogP contribution in [-0.4, -0.2) is 92.6 Å². The summed E-state index contributed by atoms with van der Waals surface area (Å²) in [7, 11) is 0. The fraction of sp³-hybridized carbons (Fsp3) is 0.714. The van der Waals surface area contributed by atoms with Gasteiger partial charge in [0.25, 0.3) is 0 Å². The number of nitrogens with zero attached hydrogens (tertiary/aromatic N) is 4. The van der Waals surface area contributed by atoms with Crippen LogP contribution in [0.25, 0.3) is 0 Å². The second-order valence-corrected chi connectivity index (χ2v) is 11.8. The largest absolute Gasteiger partial charge is 0.368 e. The Balaban J connectivity index is 1.95. The molecule has 2 aliphatic rings. The molecule has 15 nitrogen and oxygen atoms in total. The standard InChI is InChI=1S/C28H45N9O6/c1-5-17(4)24-28(43)33-20(26(41)32-19(25(29)40)12-16(2)3)15-37-18(13-31-35-37)8-6-10-22(38)30-14-23(39)36-11-7-9-21(36)27(42)34-24/h13,16-17,19-21,24H,5-12,14-15H2,1-4H3,(H2,29,40)(H,30,38)(H,32,41)(H,33,43)(H,34,42)/t17-,19-,20-,21-,24-/m0/s1. The van der Waals surface area contributed by atoms with E-state index in [1.54, 1.807) is 6.92 Å². The molecule has 0 bridgehead atoms. The quantitative estimate of drug-likeness (QED) is 0.254. The normalized spacial score (nSPS) is 24.0. The Bertz CT molecular complexity index is 1190. The molecule has 0 saturated carbocycles. The predicted molar refractivity (Wildman–Crippen MR) is 155 cm³/mol. The van der Waals surface area contributed by atoms with Crippen LogP contribution in [0.1, 0.15) is 71.9 Å². The Labute approximate surface area is 251 Å². The van der Waals surface area contributed by atoms with Gasteiger partial charge < -0.3 is 31.9 Å². The van der Waals surface area contributed by atoms with Crippen LogP contribution in [0.15, 0.2) is 6.20 Å². The lowest BCUT2D eigenvalue weighted by atomic mass is 9.97. The molecule has 1 aromatic heterocycles. The number of hydrogen-bond donors (Lipinski definition) is 5. The summed E-state index contributed by atoms with van der Waals surface area (Å²) in [5.74, 6) is -3.35. The Hall–Kier alpha value is -4.04. The van der Waals surface area contributed by atoms with E-state index in [1.807, 2.05) is 20.8 Å². The number of amides is 6. The van der Waals surface area contributed by atoms with Crippen LogP contribution in [0.2, 0.25) is 0 Å². The molecule has 6 amide bonds. The maximum atomic E-state index is 13.7. The minimum absolute atomic E-state index is 0.0591. The molecule has 6 N–H and O–H groups in total.